The van der Waals surface area contributed by atoms with Crippen LogP contribution in [0.25, 0.3) is 0 Å². The van der Waals surface area contributed by atoms with Gasteiger partial charge < -0.3 is 15.2 Å². The first-order valence-electron chi connectivity index (χ1n) is 10.6. The molecule has 2 aromatic rings. The number of nitrogens with two attached hydrogens (primary N) is 1. The van der Waals surface area contributed by atoms with Crippen molar-refractivity contribution in [2.75, 3.05) is 26.5 Å². The molecule has 0 spiro atoms. The molecule has 0 saturated carbocycles. The van der Waals surface area contributed by atoms with Crippen molar-refractivity contribution in [2.45, 2.75) is 43.7 Å². The fourth-order valence-electron chi connectivity index (χ4n) is 5.13. The second kappa shape index (κ2) is 9.51. The molecule has 4 atom stereocenters. The van der Waals surface area contributed by atoms with Gasteiger partial charge in [-0.3, -0.25) is 9.69 Å². The summed E-state index contributed by atoms with van der Waals surface area (Å²) in [5.74, 6) is 0.764. The smallest absolute Gasteiger partial charge is 0.311 e. The molecule has 0 unspecified atom stereocenters. The minimum Gasteiger partial charge on any atom is -0.497 e. The van der Waals surface area contributed by atoms with Crippen molar-refractivity contribution in [3.63, 3.8) is 0 Å². The van der Waals surface area contributed by atoms with Gasteiger partial charge in [-0.1, -0.05) is 12.1 Å². The maximum absolute atomic E-state index is 13.3. The van der Waals surface area contributed by atoms with Crippen LogP contribution in [0.4, 0.5) is 5.69 Å². The molecule has 0 aliphatic carbocycles. The number of carbonyl (C=O) groups excluding carboxylic acids is 1. The minimum atomic E-state index is -0.151. The lowest BCUT2D eigenvalue weighted by Crippen LogP contribution is -2.49. The molecule has 2 heterocycles. The van der Waals surface area contributed by atoms with Crippen LogP contribution in [0.5, 0.6) is 5.75 Å². The van der Waals surface area contributed by atoms with Crippen LogP contribution in [0.1, 0.15) is 36.3 Å². The molecule has 2 N–H and O–H groups in total. The van der Waals surface area contributed by atoms with E-state index in [4.69, 9.17) is 15.2 Å². The highest BCUT2D eigenvalue weighted by Gasteiger charge is 2.49. The molecule has 2 bridgehead atoms. The minimum absolute atomic E-state index is 0.0911. The Morgan fingerprint density at radius 1 is 1.16 bits per heavy atom. The molecule has 2 saturated heterocycles. The molecule has 7 heteroatoms. The Hall–Kier alpha value is -1.57. The predicted molar refractivity (Wildman–Crippen MR) is 129 cm³/mol. The number of fused-ring (bicyclic) bond motifs is 2. The van der Waals surface area contributed by atoms with E-state index >= 15 is 0 Å². The highest BCUT2D eigenvalue weighted by atomic mass is 79.9. The van der Waals surface area contributed by atoms with Gasteiger partial charge in [0.05, 0.1) is 25.3 Å². The molecule has 0 aromatic heterocycles. The molecule has 2 fully saturated rings. The number of nitrogen functional groups attached to an aromatic ring is 1. The van der Waals surface area contributed by atoms with E-state index < -0.39 is 0 Å². The molecule has 0 radical (unpaired) electrons. The first kappa shape index (κ1) is 22.6. The lowest BCUT2D eigenvalue weighted by Gasteiger charge is -2.42. The average molecular weight is 552 g/mol. The molecule has 2 aromatic carbocycles. The Labute approximate surface area is 200 Å². The zero-order valence-corrected chi connectivity index (χ0v) is 21.0. The summed E-state index contributed by atoms with van der Waals surface area (Å²) in [6.07, 6.45) is 3.82. The Bertz CT molecular complexity index is 927. The van der Waals surface area contributed by atoms with E-state index in [2.05, 4.69) is 55.9 Å². The largest absolute Gasteiger partial charge is 0.497 e. The third-order valence-corrected chi connectivity index (χ3v) is 8.17. The van der Waals surface area contributed by atoms with E-state index in [0.717, 1.165) is 39.5 Å². The van der Waals surface area contributed by atoms with Crippen molar-refractivity contribution in [1.82, 2.24) is 4.90 Å². The molecule has 4 rings (SSSR count). The van der Waals surface area contributed by atoms with Gasteiger partial charge in [-0.2, -0.15) is 0 Å². The average Bonchev–Trinajstić information content (AvgIpc) is 2.99. The number of hydrogen-bond acceptors (Lipinski definition) is 5. The van der Waals surface area contributed by atoms with Crippen LogP contribution in [0.3, 0.4) is 0 Å². The Balaban J connectivity index is 1.48. The molecular weight excluding hydrogens is 524 g/mol. The summed E-state index contributed by atoms with van der Waals surface area (Å²) in [6, 6.07) is 12.9. The summed E-state index contributed by atoms with van der Waals surface area (Å²) in [5.41, 5.74) is 8.90. The Morgan fingerprint density at radius 3 is 2.48 bits per heavy atom. The van der Waals surface area contributed by atoms with Crippen molar-refractivity contribution in [2.24, 2.45) is 5.92 Å². The number of piperidine rings is 1. The van der Waals surface area contributed by atoms with Crippen molar-refractivity contribution in [3.05, 3.63) is 56.5 Å². The maximum Gasteiger partial charge on any atom is 0.311 e. The number of anilines is 1. The zero-order valence-electron chi connectivity index (χ0n) is 17.8. The van der Waals surface area contributed by atoms with Gasteiger partial charge in [-0.25, -0.2) is 0 Å². The lowest BCUT2D eigenvalue weighted by atomic mass is 9.76. The topological polar surface area (TPSA) is 64.8 Å². The van der Waals surface area contributed by atoms with Gasteiger partial charge in [0, 0.05) is 33.4 Å². The van der Waals surface area contributed by atoms with Gasteiger partial charge in [0.1, 0.15) is 5.75 Å². The van der Waals surface area contributed by atoms with Crippen LogP contribution in [0, 0.1) is 5.92 Å². The normalized spacial score (nSPS) is 25.4. The zero-order chi connectivity index (χ0) is 22.1. The first-order valence-corrected chi connectivity index (χ1v) is 12.2. The number of ether oxygens (including phenoxy) is 2. The summed E-state index contributed by atoms with van der Waals surface area (Å²) in [6.45, 7) is 0.354. The van der Waals surface area contributed by atoms with Gasteiger partial charge in [0.2, 0.25) is 0 Å². The summed E-state index contributed by atoms with van der Waals surface area (Å²) in [5, 5.41) is 0. The standard InChI is InChI=1S/C24H28Br2N2O3/c1-28-16-5-8-21(28)22(18(13-16)15-3-6-17(30-2)7-4-15)24(29)31-10-9-14-11-19(25)23(27)20(26)12-14/h3-4,6-7,11-12,16,18,21-22H,5,8-10,13,27H2,1-2H3/t16-,18+,21+,22-/m0/s1. The van der Waals surface area contributed by atoms with Gasteiger partial charge in [0.15, 0.2) is 0 Å². The summed E-state index contributed by atoms with van der Waals surface area (Å²) < 4.78 is 12.8. The van der Waals surface area contributed by atoms with Crippen molar-refractivity contribution < 1.29 is 14.3 Å². The van der Waals surface area contributed by atoms with E-state index in [9.17, 15) is 4.79 Å². The van der Waals surface area contributed by atoms with Crippen LogP contribution in [0.15, 0.2) is 45.3 Å². The number of rotatable bonds is 6. The van der Waals surface area contributed by atoms with Crippen LogP contribution >= 0.6 is 31.9 Å². The van der Waals surface area contributed by atoms with E-state index in [1.165, 1.54) is 5.56 Å². The number of carbonyl (C=O) groups is 1. The van der Waals surface area contributed by atoms with Gasteiger partial charge >= 0.3 is 5.97 Å². The van der Waals surface area contributed by atoms with E-state index in [1.807, 2.05) is 24.3 Å². The maximum atomic E-state index is 13.3. The summed E-state index contributed by atoms with van der Waals surface area (Å²) in [4.78, 5) is 15.7. The van der Waals surface area contributed by atoms with E-state index in [0.29, 0.717) is 24.8 Å². The van der Waals surface area contributed by atoms with Gasteiger partial charge in [-0.15, -0.1) is 0 Å². The molecule has 166 valence electrons. The second-order valence-corrected chi connectivity index (χ2v) is 10.2. The molecule has 5 nitrogen and oxygen atoms in total. The van der Waals surface area contributed by atoms with E-state index in [1.54, 1.807) is 7.11 Å². The Kier molecular flexibility index (Phi) is 6.94. The quantitative estimate of drug-likeness (QED) is 0.397. The highest BCUT2D eigenvalue weighted by Crippen LogP contribution is 2.46. The molecule has 31 heavy (non-hydrogen) atoms. The fraction of sp³-hybridized carbons (Fsp3) is 0.458. The molecule has 2 aliphatic heterocycles. The first-order chi connectivity index (χ1) is 14.9. The lowest BCUT2D eigenvalue weighted by molar-refractivity contribution is -0.153. The van der Waals surface area contributed by atoms with Crippen LogP contribution in [-0.4, -0.2) is 43.7 Å². The third-order valence-electron chi connectivity index (χ3n) is 6.86. The second-order valence-electron chi connectivity index (χ2n) is 8.50. The number of nitrogens with zero attached hydrogens (tertiary/aromatic N) is 1. The van der Waals surface area contributed by atoms with Crippen LogP contribution in [-0.2, 0) is 16.0 Å². The number of halogens is 2. The molecule has 2 aliphatic rings. The summed E-state index contributed by atoms with van der Waals surface area (Å²) in [7, 11) is 3.82. The SMILES string of the molecule is COc1ccc([C@H]2C[C@@H]3CC[C@H]([C@H]2C(=O)OCCc2cc(Br)c(N)c(Br)c2)N3C)cc1. The number of benzene rings is 2. The van der Waals surface area contributed by atoms with Crippen molar-refractivity contribution >= 4 is 43.5 Å². The van der Waals surface area contributed by atoms with Crippen LogP contribution < -0.4 is 10.5 Å². The van der Waals surface area contributed by atoms with Crippen molar-refractivity contribution in [3.8, 4) is 5.75 Å². The monoisotopic (exact) mass is 550 g/mol. The number of esters is 1. The van der Waals surface area contributed by atoms with Gasteiger partial charge in [-0.05, 0) is 93.6 Å². The molecular formula is C24H28Br2N2O3. The predicted octanol–water partition coefficient (Wildman–Crippen LogP) is 5.15. The molecule has 0 amide bonds. The third kappa shape index (κ3) is 4.64. The fourth-order valence-corrected chi connectivity index (χ4v) is 6.41. The summed E-state index contributed by atoms with van der Waals surface area (Å²) >= 11 is 6.95. The highest BCUT2D eigenvalue weighted by molar-refractivity contribution is 9.11. The van der Waals surface area contributed by atoms with Crippen LogP contribution in [0.2, 0.25) is 0 Å². The number of methoxy groups -OCH3 is 1. The van der Waals surface area contributed by atoms with Crippen molar-refractivity contribution in [1.29, 1.82) is 0 Å². The van der Waals surface area contributed by atoms with E-state index in [-0.39, 0.29) is 23.8 Å². The Morgan fingerprint density at radius 2 is 1.84 bits per heavy atom. The number of hydrogen-bond donors (Lipinski definition) is 1. The van der Waals surface area contributed by atoms with Gasteiger partial charge in [0.25, 0.3) is 0 Å².